The van der Waals surface area contributed by atoms with Gasteiger partial charge < -0.3 is 10.2 Å². The maximum atomic E-state index is 11.3. The Morgan fingerprint density at radius 3 is 1.55 bits per heavy atom. The molecule has 22 heavy (non-hydrogen) atoms. The summed E-state index contributed by atoms with van der Waals surface area (Å²) in [5.41, 5.74) is -1.26. The molecule has 0 heterocycles. The lowest BCUT2D eigenvalue weighted by Gasteiger charge is -2.33. The molecule has 0 aromatic rings. The van der Waals surface area contributed by atoms with E-state index in [0.29, 0.717) is 35.5 Å². The number of rotatable bonds is 2. The molecule has 2 nitrogen and oxygen atoms in total. The smallest absolute Gasteiger partial charge is 0.0861 e. The van der Waals surface area contributed by atoms with Crippen LogP contribution in [-0.2, 0) is 0 Å². The van der Waals surface area contributed by atoms with Crippen LogP contribution in [0.25, 0.3) is 0 Å². The number of aliphatic hydroxyl groups is 2. The second kappa shape index (κ2) is 3.42. The summed E-state index contributed by atoms with van der Waals surface area (Å²) < 4.78 is 0. The third-order valence-corrected chi connectivity index (χ3v) is 9.43. The van der Waals surface area contributed by atoms with Gasteiger partial charge in [0, 0.05) is 0 Å². The van der Waals surface area contributed by atoms with Gasteiger partial charge in [-0.25, -0.2) is 0 Å². The van der Waals surface area contributed by atoms with E-state index in [1.54, 1.807) is 0 Å². The minimum Gasteiger partial charge on any atom is -0.385 e. The zero-order chi connectivity index (χ0) is 15.0. The highest BCUT2D eigenvalue weighted by molar-refractivity contribution is 5.32. The van der Waals surface area contributed by atoms with Crippen LogP contribution in [0.3, 0.4) is 0 Å². The second-order valence-electron chi connectivity index (χ2n) is 9.39. The summed E-state index contributed by atoms with van der Waals surface area (Å²) in [6.07, 6.45) is 8.06. The lowest BCUT2D eigenvalue weighted by molar-refractivity contribution is 0.00621. The molecule has 6 rings (SSSR count). The van der Waals surface area contributed by atoms with Crippen LogP contribution in [-0.4, -0.2) is 21.4 Å². The zero-order valence-corrected chi connectivity index (χ0v) is 13.1. The van der Waals surface area contributed by atoms with E-state index in [1.807, 2.05) is 12.2 Å². The van der Waals surface area contributed by atoms with E-state index in [1.165, 1.54) is 12.8 Å². The molecule has 0 bridgehead atoms. The van der Waals surface area contributed by atoms with E-state index in [0.717, 1.165) is 36.5 Å². The van der Waals surface area contributed by atoms with Gasteiger partial charge in [0.1, 0.15) is 0 Å². The lowest BCUT2D eigenvalue weighted by atomic mass is 9.76. The highest BCUT2D eigenvalue weighted by Crippen LogP contribution is 2.82. The molecule has 0 saturated heterocycles. The Hall–Kier alpha value is -0.600. The summed E-state index contributed by atoms with van der Waals surface area (Å²) in [6, 6.07) is 0. The first-order valence-corrected chi connectivity index (χ1v) is 9.26. The molecule has 2 unspecified atom stereocenters. The van der Waals surface area contributed by atoms with Gasteiger partial charge in [0.05, 0.1) is 11.2 Å². The zero-order valence-electron chi connectivity index (χ0n) is 13.1. The molecule has 6 fully saturated rings. The summed E-state index contributed by atoms with van der Waals surface area (Å²) in [5.74, 6) is 6.54. The van der Waals surface area contributed by atoms with Crippen LogP contribution in [0.4, 0.5) is 0 Å². The molecule has 12 atom stereocenters. The molecule has 0 radical (unpaired) electrons. The predicted molar refractivity (Wildman–Crippen MR) is 83.7 cm³/mol. The lowest BCUT2D eigenvalue weighted by Crippen LogP contribution is -2.38. The topological polar surface area (TPSA) is 40.5 Å². The van der Waals surface area contributed by atoms with E-state index in [-0.39, 0.29) is 0 Å². The molecular weight excluding hydrogens is 272 g/mol. The van der Waals surface area contributed by atoms with Crippen LogP contribution >= 0.6 is 0 Å². The molecule has 2 N–H and O–H groups in total. The van der Waals surface area contributed by atoms with Gasteiger partial charge >= 0.3 is 0 Å². The van der Waals surface area contributed by atoms with Crippen molar-refractivity contribution in [3.8, 4) is 0 Å². The molecule has 118 valence electrons. The maximum absolute atomic E-state index is 11.3. The molecule has 2 heteroatoms. The highest BCUT2D eigenvalue weighted by Gasteiger charge is 2.80. The molecule has 6 saturated carbocycles. The predicted octanol–water partition coefficient (Wildman–Crippen LogP) is 2.62. The summed E-state index contributed by atoms with van der Waals surface area (Å²) in [5, 5.41) is 22.5. The standard InChI is InChI=1S/C20H26O2/c1-3-19(21)7-11-12-8-20(22,4-2)18-10-6-5-9-13(10)16(15(12)18)14(11)17(9)19/h3-4,9-18,21-22H,1-2,5-8H2/t9-,10-,11-,12-,13?,14-,15+,16?,17-,18-,19+,20+/m0/s1. The third kappa shape index (κ3) is 1.02. The second-order valence-corrected chi connectivity index (χ2v) is 9.39. The molecule has 0 amide bonds. The molecule has 0 aliphatic heterocycles. The Labute approximate surface area is 132 Å². The fraction of sp³-hybridized carbons (Fsp3) is 0.800. The summed E-state index contributed by atoms with van der Waals surface area (Å²) in [7, 11) is 0. The summed E-state index contributed by atoms with van der Waals surface area (Å²) in [4.78, 5) is 0. The van der Waals surface area contributed by atoms with Crippen molar-refractivity contribution in [3.05, 3.63) is 25.3 Å². The van der Waals surface area contributed by atoms with E-state index in [2.05, 4.69) is 13.2 Å². The summed E-state index contributed by atoms with van der Waals surface area (Å²) in [6.45, 7) is 7.99. The van der Waals surface area contributed by atoms with Crippen molar-refractivity contribution in [1.29, 1.82) is 0 Å². The van der Waals surface area contributed by atoms with Gasteiger partial charge in [-0.1, -0.05) is 12.2 Å². The Balaban J connectivity index is 1.57. The van der Waals surface area contributed by atoms with Gasteiger partial charge in [0.2, 0.25) is 0 Å². The maximum Gasteiger partial charge on any atom is 0.0861 e. The van der Waals surface area contributed by atoms with Crippen molar-refractivity contribution in [3.63, 3.8) is 0 Å². The normalized spacial score (nSPS) is 72.1. The molecule has 6 aliphatic carbocycles. The van der Waals surface area contributed by atoms with Crippen LogP contribution in [0.15, 0.2) is 25.3 Å². The van der Waals surface area contributed by atoms with E-state index >= 15 is 0 Å². The van der Waals surface area contributed by atoms with Crippen molar-refractivity contribution in [1.82, 2.24) is 0 Å². The van der Waals surface area contributed by atoms with Gasteiger partial charge in [-0.3, -0.25) is 0 Å². The number of hydrogen-bond donors (Lipinski definition) is 2. The molecule has 6 aliphatic rings. The van der Waals surface area contributed by atoms with Crippen molar-refractivity contribution >= 4 is 0 Å². The molecular formula is C20H26O2. The Morgan fingerprint density at radius 1 is 0.682 bits per heavy atom. The monoisotopic (exact) mass is 298 g/mol. The largest absolute Gasteiger partial charge is 0.385 e. The van der Waals surface area contributed by atoms with Gasteiger partial charge in [0.25, 0.3) is 0 Å². The van der Waals surface area contributed by atoms with E-state index < -0.39 is 11.2 Å². The number of fused-ring (bicyclic) bond motifs is 3. The van der Waals surface area contributed by atoms with Crippen LogP contribution in [0.2, 0.25) is 0 Å². The average Bonchev–Trinajstić information content (AvgIpc) is 3.23. The van der Waals surface area contributed by atoms with Gasteiger partial charge in [-0.05, 0) is 84.9 Å². The Kier molecular flexibility index (Phi) is 1.98. The third-order valence-electron chi connectivity index (χ3n) is 9.43. The van der Waals surface area contributed by atoms with Crippen molar-refractivity contribution in [2.24, 2.45) is 59.2 Å². The van der Waals surface area contributed by atoms with Gasteiger partial charge in [-0.2, -0.15) is 0 Å². The van der Waals surface area contributed by atoms with Crippen LogP contribution in [0.5, 0.6) is 0 Å². The van der Waals surface area contributed by atoms with Crippen LogP contribution in [0, 0.1) is 59.2 Å². The van der Waals surface area contributed by atoms with Crippen LogP contribution < -0.4 is 0 Å². The Morgan fingerprint density at radius 2 is 1.14 bits per heavy atom. The van der Waals surface area contributed by atoms with Gasteiger partial charge in [-0.15, -0.1) is 13.2 Å². The fourth-order valence-electron chi connectivity index (χ4n) is 9.44. The van der Waals surface area contributed by atoms with Gasteiger partial charge in [0.15, 0.2) is 0 Å². The SMILES string of the molecule is C=C[C@@]1(O)C[C@H]2[C@@H]3C[C@](O)(C=C)[C@@H]4[C@H]3C3C5[C@H](CC[C@@H]54)[C@H]1[C@H]32. The molecule has 0 aromatic heterocycles. The van der Waals surface area contributed by atoms with E-state index in [4.69, 9.17) is 0 Å². The van der Waals surface area contributed by atoms with Crippen molar-refractivity contribution in [2.75, 3.05) is 0 Å². The first-order valence-electron chi connectivity index (χ1n) is 9.26. The van der Waals surface area contributed by atoms with E-state index in [9.17, 15) is 10.2 Å². The minimum atomic E-state index is -0.630. The fourth-order valence-corrected chi connectivity index (χ4v) is 9.44. The van der Waals surface area contributed by atoms with Crippen LogP contribution in [0.1, 0.15) is 25.7 Å². The first-order chi connectivity index (χ1) is 10.5. The minimum absolute atomic E-state index is 0.471. The molecule has 0 spiro atoms. The number of hydrogen-bond acceptors (Lipinski definition) is 2. The first kappa shape index (κ1) is 12.8. The quantitative estimate of drug-likeness (QED) is 0.769. The Bertz CT molecular complexity index is 549. The van der Waals surface area contributed by atoms with Crippen molar-refractivity contribution < 1.29 is 10.2 Å². The average molecular weight is 298 g/mol. The highest BCUT2D eigenvalue weighted by atomic mass is 16.3. The molecule has 0 aromatic carbocycles. The van der Waals surface area contributed by atoms with Crippen molar-refractivity contribution in [2.45, 2.75) is 36.9 Å². The summed E-state index contributed by atoms with van der Waals surface area (Å²) >= 11 is 0.